The van der Waals surface area contributed by atoms with E-state index in [9.17, 15) is 19.2 Å². The van der Waals surface area contributed by atoms with Crippen LogP contribution in [0.1, 0.15) is 73.1 Å². The Bertz CT molecular complexity index is 539. The van der Waals surface area contributed by atoms with Crippen LogP contribution in [0.3, 0.4) is 0 Å². The van der Waals surface area contributed by atoms with Crippen molar-refractivity contribution in [2.75, 3.05) is 19.8 Å². The largest absolute Gasteiger partial charge is 0.466 e. The lowest BCUT2D eigenvalue weighted by atomic mass is 9.75. The summed E-state index contributed by atoms with van der Waals surface area (Å²) < 4.78 is 15.3. The molecule has 1 atom stereocenters. The molecular formula is C21H35O7. The van der Waals surface area contributed by atoms with E-state index in [1.807, 2.05) is 13.8 Å². The van der Waals surface area contributed by atoms with Crippen LogP contribution >= 0.6 is 0 Å². The molecule has 0 unspecified atom stereocenters. The molecule has 0 aromatic carbocycles. The first-order valence-corrected chi connectivity index (χ1v) is 9.83. The van der Waals surface area contributed by atoms with Gasteiger partial charge in [0, 0.05) is 12.8 Å². The first-order chi connectivity index (χ1) is 13.0. The van der Waals surface area contributed by atoms with Crippen LogP contribution in [0.25, 0.3) is 0 Å². The van der Waals surface area contributed by atoms with Crippen LogP contribution < -0.4 is 0 Å². The summed E-state index contributed by atoms with van der Waals surface area (Å²) in [4.78, 5) is 48.8. The Hall–Kier alpha value is -1.92. The van der Waals surface area contributed by atoms with Crippen LogP contribution in [-0.2, 0) is 33.4 Å². The van der Waals surface area contributed by atoms with Crippen molar-refractivity contribution in [1.82, 2.24) is 0 Å². The van der Waals surface area contributed by atoms with Crippen molar-refractivity contribution in [3.8, 4) is 0 Å². The third kappa shape index (κ3) is 8.85. The van der Waals surface area contributed by atoms with E-state index in [0.29, 0.717) is 0 Å². The predicted octanol–water partition coefficient (Wildman–Crippen LogP) is 3.43. The minimum atomic E-state index is -1.56. The average Bonchev–Trinajstić information content (AvgIpc) is 2.60. The highest BCUT2D eigenvalue weighted by Crippen LogP contribution is 2.34. The van der Waals surface area contributed by atoms with Gasteiger partial charge in [-0.15, -0.1) is 0 Å². The number of ether oxygens (including phenoxy) is 3. The molecule has 0 bridgehead atoms. The zero-order valence-corrected chi connectivity index (χ0v) is 17.9. The molecule has 0 heterocycles. The van der Waals surface area contributed by atoms with Gasteiger partial charge in [0.25, 0.3) is 0 Å². The van der Waals surface area contributed by atoms with Crippen molar-refractivity contribution in [3.05, 3.63) is 6.92 Å². The Labute approximate surface area is 168 Å². The molecule has 7 nitrogen and oxygen atoms in total. The lowest BCUT2D eigenvalue weighted by molar-refractivity contribution is -0.162. The fourth-order valence-corrected chi connectivity index (χ4v) is 2.86. The summed E-state index contributed by atoms with van der Waals surface area (Å²) in [6.07, 6.45) is 1.16. The van der Waals surface area contributed by atoms with E-state index in [0.717, 1.165) is 12.8 Å². The summed E-state index contributed by atoms with van der Waals surface area (Å²) in [5.74, 6) is -2.17. The summed E-state index contributed by atoms with van der Waals surface area (Å²) in [6.45, 7) is 12.9. The molecule has 0 N–H and O–H groups in total. The van der Waals surface area contributed by atoms with Gasteiger partial charge in [-0.25, -0.2) is 0 Å². The van der Waals surface area contributed by atoms with Crippen LogP contribution in [0.5, 0.6) is 0 Å². The number of Topliss-reactive ketones (excluding diaryl/α,β-unsaturated/α-hetero) is 1. The van der Waals surface area contributed by atoms with Gasteiger partial charge >= 0.3 is 17.9 Å². The van der Waals surface area contributed by atoms with Crippen LogP contribution in [0.2, 0.25) is 0 Å². The molecule has 0 amide bonds. The van der Waals surface area contributed by atoms with Gasteiger partial charge in [0.1, 0.15) is 11.2 Å². The van der Waals surface area contributed by atoms with E-state index in [1.165, 1.54) is 6.92 Å². The molecule has 1 radical (unpaired) electrons. The highest BCUT2D eigenvalue weighted by atomic mass is 16.5. The van der Waals surface area contributed by atoms with Gasteiger partial charge < -0.3 is 14.2 Å². The molecule has 161 valence electrons. The first-order valence-electron chi connectivity index (χ1n) is 9.83. The molecular weight excluding hydrogens is 364 g/mol. The standard InChI is InChI=1S/C21H35O7/c1-7-12-20(5,6)15-28-18(24)11-14-21(16(4)22,19(25)27-9-3)13-10-17(23)26-8-2/h1,7-15H2,2-6H3/t21-/m1/s1. The van der Waals surface area contributed by atoms with E-state index < -0.39 is 29.1 Å². The van der Waals surface area contributed by atoms with Crippen molar-refractivity contribution in [2.24, 2.45) is 10.8 Å². The molecule has 0 spiro atoms. The Morgan fingerprint density at radius 1 is 0.821 bits per heavy atom. The number of hydrogen-bond donors (Lipinski definition) is 0. The normalized spacial score (nSPS) is 13.4. The highest BCUT2D eigenvalue weighted by Gasteiger charge is 2.45. The van der Waals surface area contributed by atoms with Gasteiger partial charge in [0.05, 0.1) is 19.8 Å². The smallest absolute Gasteiger partial charge is 0.319 e. The lowest BCUT2D eigenvalue weighted by Crippen LogP contribution is -2.41. The average molecular weight is 400 g/mol. The van der Waals surface area contributed by atoms with E-state index in [2.05, 4.69) is 6.92 Å². The minimum absolute atomic E-state index is 0.0692. The number of carbonyl (C=O) groups is 4. The second kappa shape index (κ2) is 12.5. The molecule has 0 aliphatic heterocycles. The fourth-order valence-electron chi connectivity index (χ4n) is 2.86. The van der Waals surface area contributed by atoms with Crippen molar-refractivity contribution in [2.45, 2.75) is 73.1 Å². The molecule has 0 saturated carbocycles. The van der Waals surface area contributed by atoms with Crippen LogP contribution in [0.15, 0.2) is 0 Å². The third-order valence-electron chi connectivity index (χ3n) is 4.63. The Balaban J connectivity index is 5.14. The molecule has 0 fully saturated rings. The Morgan fingerprint density at radius 2 is 1.32 bits per heavy atom. The Kier molecular flexibility index (Phi) is 11.7. The Morgan fingerprint density at radius 3 is 1.75 bits per heavy atom. The molecule has 0 aliphatic rings. The van der Waals surface area contributed by atoms with Gasteiger partial charge in [-0.1, -0.05) is 27.2 Å². The second-order valence-corrected chi connectivity index (χ2v) is 7.59. The lowest BCUT2D eigenvalue weighted by Gasteiger charge is -2.29. The minimum Gasteiger partial charge on any atom is -0.466 e. The molecule has 0 saturated heterocycles. The van der Waals surface area contributed by atoms with Crippen molar-refractivity contribution in [1.29, 1.82) is 0 Å². The van der Waals surface area contributed by atoms with Gasteiger partial charge in [0.2, 0.25) is 0 Å². The van der Waals surface area contributed by atoms with Crippen LogP contribution in [-0.4, -0.2) is 43.5 Å². The number of hydrogen-bond acceptors (Lipinski definition) is 7. The SMILES string of the molecule is [CH2]CCC(C)(C)COC(=O)CC[C@](CCC(=O)OCC)(C(C)=O)C(=O)OCC. The van der Waals surface area contributed by atoms with Gasteiger partial charge in [-0.05, 0) is 45.4 Å². The highest BCUT2D eigenvalue weighted by molar-refractivity contribution is 6.03. The number of rotatable bonds is 14. The monoisotopic (exact) mass is 399 g/mol. The molecule has 0 rings (SSSR count). The molecule has 28 heavy (non-hydrogen) atoms. The van der Waals surface area contributed by atoms with E-state index in [1.54, 1.807) is 13.8 Å². The van der Waals surface area contributed by atoms with Crippen molar-refractivity contribution < 1.29 is 33.4 Å². The quantitative estimate of drug-likeness (QED) is 0.251. The number of ketones is 1. The van der Waals surface area contributed by atoms with Crippen LogP contribution in [0.4, 0.5) is 0 Å². The van der Waals surface area contributed by atoms with Gasteiger partial charge in [0.15, 0.2) is 0 Å². The van der Waals surface area contributed by atoms with Gasteiger partial charge in [-0.3, -0.25) is 19.2 Å². The first kappa shape index (κ1) is 26.1. The van der Waals surface area contributed by atoms with Crippen molar-refractivity contribution in [3.63, 3.8) is 0 Å². The summed E-state index contributed by atoms with van der Waals surface area (Å²) >= 11 is 0. The van der Waals surface area contributed by atoms with Crippen LogP contribution in [0, 0.1) is 17.8 Å². The van der Waals surface area contributed by atoms with Crippen molar-refractivity contribution >= 4 is 23.7 Å². The topological polar surface area (TPSA) is 96.0 Å². The van der Waals surface area contributed by atoms with Gasteiger partial charge in [-0.2, -0.15) is 0 Å². The zero-order valence-electron chi connectivity index (χ0n) is 17.9. The summed E-state index contributed by atoms with van der Waals surface area (Å²) in [5, 5.41) is 0. The second-order valence-electron chi connectivity index (χ2n) is 7.59. The summed E-state index contributed by atoms with van der Waals surface area (Å²) in [7, 11) is 0. The van der Waals surface area contributed by atoms with E-state index in [4.69, 9.17) is 14.2 Å². The molecule has 0 aliphatic carbocycles. The molecule has 7 heteroatoms. The number of esters is 3. The molecule has 0 aromatic heterocycles. The molecule has 0 aromatic rings. The maximum absolute atomic E-state index is 12.5. The fraction of sp³-hybridized carbons (Fsp3) is 0.762. The maximum atomic E-state index is 12.5. The zero-order chi connectivity index (χ0) is 21.8. The summed E-state index contributed by atoms with van der Waals surface area (Å²) in [5.41, 5.74) is -1.76. The predicted molar refractivity (Wildman–Crippen MR) is 104 cm³/mol. The van der Waals surface area contributed by atoms with E-state index in [-0.39, 0.29) is 50.9 Å². The third-order valence-corrected chi connectivity index (χ3v) is 4.63. The number of carbonyl (C=O) groups excluding carboxylic acids is 4. The van der Waals surface area contributed by atoms with E-state index >= 15 is 0 Å². The summed E-state index contributed by atoms with van der Waals surface area (Å²) in [6, 6.07) is 0. The maximum Gasteiger partial charge on any atom is 0.319 e.